The molecule has 0 aliphatic rings. The third kappa shape index (κ3) is 3.01. The lowest BCUT2D eigenvalue weighted by Gasteiger charge is -2.22. The second kappa shape index (κ2) is 5.67. The van der Waals surface area contributed by atoms with E-state index in [-0.39, 0.29) is 11.5 Å². The monoisotopic (exact) mass is 256 g/mol. The summed E-state index contributed by atoms with van der Waals surface area (Å²) in [7, 11) is 0. The average Bonchev–Trinajstić information content (AvgIpc) is 2.42. The van der Waals surface area contributed by atoms with Crippen LogP contribution in [0, 0.1) is 0 Å². The molecule has 3 heteroatoms. The molecule has 0 spiro atoms. The third-order valence-corrected chi connectivity index (χ3v) is 3.14. The minimum Gasteiger partial charge on any atom is -0.508 e. The molecular formula is C16H16O3. The SMILES string of the molecule is CC(=O)C(O)C(c1ccccc1)c1ccc(O)cc1. The van der Waals surface area contributed by atoms with E-state index in [2.05, 4.69) is 0 Å². The molecule has 0 bridgehead atoms. The van der Waals surface area contributed by atoms with E-state index in [1.807, 2.05) is 30.3 Å². The molecule has 0 aliphatic carbocycles. The number of aliphatic hydroxyl groups is 1. The molecule has 2 rings (SSSR count). The lowest BCUT2D eigenvalue weighted by molar-refractivity contribution is -0.125. The number of aliphatic hydroxyl groups excluding tert-OH is 1. The molecule has 0 fully saturated rings. The second-order valence-corrected chi connectivity index (χ2v) is 4.54. The van der Waals surface area contributed by atoms with Crippen LogP contribution in [-0.4, -0.2) is 22.1 Å². The number of rotatable bonds is 4. The second-order valence-electron chi connectivity index (χ2n) is 4.54. The number of aromatic hydroxyl groups is 1. The van der Waals surface area contributed by atoms with Crippen molar-refractivity contribution < 1.29 is 15.0 Å². The minimum absolute atomic E-state index is 0.160. The van der Waals surface area contributed by atoms with Crippen LogP contribution in [0.1, 0.15) is 24.0 Å². The first-order valence-electron chi connectivity index (χ1n) is 6.12. The van der Waals surface area contributed by atoms with Crippen LogP contribution in [-0.2, 0) is 4.79 Å². The summed E-state index contributed by atoms with van der Waals surface area (Å²) in [6.07, 6.45) is -1.09. The van der Waals surface area contributed by atoms with Gasteiger partial charge in [-0.15, -0.1) is 0 Å². The molecule has 2 N–H and O–H groups in total. The maximum atomic E-state index is 11.5. The highest BCUT2D eigenvalue weighted by molar-refractivity contribution is 5.82. The van der Waals surface area contributed by atoms with E-state index < -0.39 is 12.0 Å². The van der Waals surface area contributed by atoms with Crippen LogP contribution in [0.15, 0.2) is 54.6 Å². The number of phenols is 1. The maximum Gasteiger partial charge on any atom is 0.159 e. The van der Waals surface area contributed by atoms with E-state index in [9.17, 15) is 15.0 Å². The van der Waals surface area contributed by atoms with Crippen LogP contribution in [0.5, 0.6) is 5.75 Å². The number of carbonyl (C=O) groups excluding carboxylic acids is 1. The molecule has 0 saturated heterocycles. The summed E-state index contributed by atoms with van der Waals surface area (Å²) >= 11 is 0. The maximum absolute atomic E-state index is 11.5. The first-order valence-corrected chi connectivity index (χ1v) is 6.12. The highest BCUT2D eigenvalue weighted by atomic mass is 16.3. The Morgan fingerprint density at radius 1 is 0.947 bits per heavy atom. The fourth-order valence-corrected chi connectivity index (χ4v) is 2.13. The van der Waals surface area contributed by atoms with Crippen molar-refractivity contribution in [2.75, 3.05) is 0 Å². The quantitative estimate of drug-likeness (QED) is 0.883. The molecule has 0 heterocycles. The Morgan fingerprint density at radius 3 is 2.00 bits per heavy atom. The Balaban J connectivity index is 2.45. The molecule has 2 unspecified atom stereocenters. The minimum atomic E-state index is -1.09. The largest absolute Gasteiger partial charge is 0.508 e. The zero-order valence-electron chi connectivity index (χ0n) is 10.7. The first-order chi connectivity index (χ1) is 9.09. The molecular weight excluding hydrogens is 240 g/mol. The van der Waals surface area contributed by atoms with Gasteiger partial charge >= 0.3 is 0 Å². The zero-order chi connectivity index (χ0) is 13.8. The fourth-order valence-electron chi connectivity index (χ4n) is 2.13. The number of phenolic OH excluding ortho intramolecular Hbond substituents is 1. The fraction of sp³-hybridized carbons (Fsp3) is 0.188. The van der Waals surface area contributed by atoms with Crippen molar-refractivity contribution in [1.82, 2.24) is 0 Å². The van der Waals surface area contributed by atoms with Gasteiger partial charge in [0.15, 0.2) is 5.78 Å². The van der Waals surface area contributed by atoms with Crippen LogP contribution in [0.25, 0.3) is 0 Å². The van der Waals surface area contributed by atoms with E-state index in [4.69, 9.17) is 0 Å². The van der Waals surface area contributed by atoms with Crippen molar-refractivity contribution in [3.8, 4) is 5.75 Å². The van der Waals surface area contributed by atoms with Gasteiger partial charge in [-0.05, 0) is 30.2 Å². The van der Waals surface area contributed by atoms with Crippen molar-refractivity contribution in [2.45, 2.75) is 18.9 Å². The highest BCUT2D eigenvalue weighted by Crippen LogP contribution is 2.29. The number of hydrogen-bond acceptors (Lipinski definition) is 3. The topological polar surface area (TPSA) is 57.5 Å². The number of ketones is 1. The van der Waals surface area contributed by atoms with Crippen molar-refractivity contribution in [3.05, 3.63) is 65.7 Å². The summed E-state index contributed by atoms with van der Waals surface area (Å²) in [5.74, 6) is -0.533. The van der Waals surface area contributed by atoms with Crippen LogP contribution >= 0.6 is 0 Å². The van der Waals surface area contributed by atoms with Crippen molar-refractivity contribution in [3.63, 3.8) is 0 Å². The molecule has 2 aromatic carbocycles. The van der Waals surface area contributed by atoms with E-state index >= 15 is 0 Å². The van der Waals surface area contributed by atoms with Gasteiger partial charge in [0.25, 0.3) is 0 Å². The molecule has 2 aromatic rings. The van der Waals surface area contributed by atoms with Gasteiger partial charge in [0.1, 0.15) is 11.9 Å². The van der Waals surface area contributed by atoms with Gasteiger partial charge < -0.3 is 10.2 Å². The molecule has 3 nitrogen and oxygen atoms in total. The van der Waals surface area contributed by atoms with Crippen LogP contribution < -0.4 is 0 Å². The Hall–Kier alpha value is -2.13. The molecule has 0 saturated carbocycles. The van der Waals surface area contributed by atoms with Gasteiger partial charge in [-0.25, -0.2) is 0 Å². The Labute approximate surface area is 112 Å². The molecule has 0 radical (unpaired) electrons. The first kappa shape index (κ1) is 13.3. The van der Waals surface area contributed by atoms with Gasteiger partial charge in [0.2, 0.25) is 0 Å². The molecule has 0 amide bonds. The van der Waals surface area contributed by atoms with Crippen LogP contribution in [0.2, 0.25) is 0 Å². The number of carbonyl (C=O) groups is 1. The van der Waals surface area contributed by atoms with E-state index in [1.165, 1.54) is 6.92 Å². The van der Waals surface area contributed by atoms with Crippen molar-refractivity contribution in [2.24, 2.45) is 0 Å². The normalized spacial score (nSPS) is 13.8. The van der Waals surface area contributed by atoms with E-state index in [0.29, 0.717) is 0 Å². The molecule has 19 heavy (non-hydrogen) atoms. The van der Waals surface area contributed by atoms with Gasteiger partial charge in [-0.3, -0.25) is 4.79 Å². The smallest absolute Gasteiger partial charge is 0.159 e. The number of benzene rings is 2. The predicted molar refractivity (Wildman–Crippen MR) is 73.1 cm³/mol. The Morgan fingerprint density at radius 2 is 1.47 bits per heavy atom. The molecule has 0 aliphatic heterocycles. The lowest BCUT2D eigenvalue weighted by Crippen LogP contribution is -2.26. The van der Waals surface area contributed by atoms with Crippen LogP contribution in [0.4, 0.5) is 0 Å². The number of Topliss-reactive ketones (excluding diaryl/α,β-unsaturated/α-hetero) is 1. The van der Waals surface area contributed by atoms with E-state index in [1.54, 1.807) is 24.3 Å². The summed E-state index contributed by atoms with van der Waals surface area (Å²) in [5.41, 5.74) is 1.67. The van der Waals surface area contributed by atoms with Gasteiger partial charge in [0.05, 0.1) is 0 Å². The summed E-state index contributed by atoms with van der Waals surface area (Å²) in [5, 5.41) is 19.5. The van der Waals surface area contributed by atoms with Crippen molar-refractivity contribution in [1.29, 1.82) is 0 Å². The summed E-state index contributed by atoms with van der Waals surface area (Å²) in [6, 6.07) is 15.9. The molecule has 98 valence electrons. The number of hydrogen-bond donors (Lipinski definition) is 2. The van der Waals surface area contributed by atoms with Crippen LogP contribution in [0.3, 0.4) is 0 Å². The molecule has 2 atom stereocenters. The Kier molecular flexibility index (Phi) is 3.97. The summed E-state index contributed by atoms with van der Waals surface area (Å²) < 4.78 is 0. The van der Waals surface area contributed by atoms with Gasteiger partial charge in [0, 0.05) is 5.92 Å². The standard InChI is InChI=1S/C16H16O3/c1-11(17)16(19)15(12-5-3-2-4-6-12)13-7-9-14(18)10-8-13/h2-10,15-16,18-19H,1H3. The third-order valence-electron chi connectivity index (χ3n) is 3.14. The highest BCUT2D eigenvalue weighted by Gasteiger charge is 2.26. The van der Waals surface area contributed by atoms with Gasteiger partial charge in [-0.2, -0.15) is 0 Å². The lowest BCUT2D eigenvalue weighted by atomic mass is 9.85. The predicted octanol–water partition coefficient (Wildman–Crippen LogP) is 2.47. The van der Waals surface area contributed by atoms with Gasteiger partial charge in [-0.1, -0.05) is 42.5 Å². The average molecular weight is 256 g/mol. The summed E-state index contributed by atoms with van der Waals surface area (Å²) in [6.45, 7) is 1.38. The van der Waals surface area contributed by atoms with Crippen molar-refractivity contribution >= 4 is 5.78 Å². The van der Waals surface area contributed by atoms with E-state index in [0.717, 1.165) is 11.1 Å². The summed E-state index contributed by atoms with van der Waals surface area (Å²) in [4.78, 5) is 11.5. The molecule has 0 aromatic heterocycles. The zero-order valence-corrected chi connectivity index (χ0v) is 10.7. The Bertz CT molecular complexity index is 546.